The summed E-state index contributed by atoms with van der Waals surface area (Å²) in [7, 11) is 0. The fraction of sp³-hybridized carbons (Fsp3) is 0.588. The van der Waals surface area contributed by atoms with Gasteiger partial charge in [-0.3, -0.25) is 4.79 Å². The van der Waals surface area contributed by atoms with E-state index in [-0.39, 0.29) is 17.8 Å². The molecule has 0 spiro atoms. The van der Waals surface area contributed by atoms with Gasteiger partial charge in [0.15, 0.2) is 5.82 Å². The maximum atomic E-state index is 12.8. The minimum atomic E-state index is -0.538. The summed E-state index contributed by atoms with van der Waals surface area (Å²) in [5, 5.41) is 14.4. The molecular weight excluding hydrogens is 386 g/mol. The number of rotatable bonds is 7. The third kappa shape index (κ3) is 5.88. The number of nitrogens with one attached hydrogen (secondary N) is 1. The van der Waals surface area contributed by atoms with Crippen LogP contribution in [0.1, 0.15) is 57.8 Å². The van der Waals surface area contributed by atoms with Crippen LogP contribution in [0.3, 0.4) is 0 Å². The van der Waals surface area contributed by atoms with Crippen LogP contribution in [0, 0.1) is 5.92 Å². The van der Waals surface area contributed by atoms with Gasteiger partial charge in [-0.15, -0.1) is 10.2 Å². The highest BCUT2D eigenvalue weighted by Gasteiger charge is 2.35. The molecule has 0 amide bonds. The number of aromatic nitrogens is 5. The number of H-pyrrole nitrogens is 1. The molecule has 0 radical (unpaired) electrons. The van der Waals surface area contributed by atoms with Crippen molar-refractivity contribution in [3.05, 3.63) is 34.3 Å². The molecule has 0 saturated carbocycles. The zero-order valence-electron chi connectivity index (χ0n) is 15.0. The SMILES string of the molecule is CCC[C@H](C(=O)OC(C)(C)C)[C@H](Cc1ccc(Br)nc1)c1nn[nH]n1. The molecule has 2 aromatic rings. The third-order valence-electron chi connectivity index (χ3n) is 3.73. The number of tetrazole rings is 1. The topological polar surface area (TPSA) is 93.6 Å². The summed E-state index contributed by atoms with van der Waals surface area (Å²) in [6.07, 6.45) is 3.92. The van der Waals surface area contributed by atoms with E-state index in [9.17, 15) is 4.79 Å². The normalized spacial score (nSPS) is 14.1. The highest BCUT2D eigenvalue weighted by atomic mass is 79.9. The number of esters is 1. The van der Waals surface area contributed by atoms with Crippen molar-refractivity contribution in [2.45, 2.75) is 58.5 Å². The summed E-state index contributed by atoms with van der Waals surface area (Å²) in [6, 6.07) is 3.85. The summed E-state index contributed by atoms with van der Waals surface area (Å²) < 4.78 is 6.41. The summed E-state index contributed by atoms with van der Waals surface area (Å²) in [6.45, 7) is 7.66. The molecule has 7 nitrogen and oxygen atoms in total. The van der Waals surface area contributed by atoms with Crippen molar-refractivity contribution in [1.29, 1.82) is 0 Å². The fourth-order valence-corrected chi connectivity index (χ4v) is 2.93. The van der Waals surface area contributed by atoms with Crippen LogP contribution in [-0.4, -0.2) is 37.2 Å². The Kier molecular flexibility index (Phi) is 6.64. The smallest absolute Gasteiger partial charge is 0.310 e. The summed E-state index contributed by atoms with van der Waals surface area (Å²) in [4.78, 5) is 17.1. The van der Waals surface area contributed by atoms with Crippen molar-refractivity contribution in [1.82, 2.24) is 25.6 Å². The number of ether oxygens (including phenoxy) is 1. The molecule has 8 heteroatoms. The minimum absolute atomic E-state index is 0.225. The van der Waals surface area contributed by atoms with Crippen molar-refractivity contribution >= 4 is 21.9 Å². The number of nitrogens with zero attached hydrogens (tertiary/aromatic N) is 4. The number of carbonyl (C=O) groups excluding carboxylic acids is 1. The van der Waals surface area contributed by atoms with Gasteiger partial charge in [-0.2, -0.15) is 5.21 Å². The van der Waals surface area contributed by atoms with E-state index >= 15 is 0 Å². The van der Waals surface area contributed by atoms with Crippen LogP contribution >= 0.6 is 15.9 Å². The van der Waals surface area contributed by atoms with E-state index in [1.54, 1.807) is 6.20 Å². The van der Waals surface area contributed by atoms with E-state index in [0.29, 0.717) is 18.7 Å². The van der Waals surface area contributed by atoms with Crippen LogP contribution < -0.4 is 0 Å². The van der Waals surface area contributed by atoms with E-state index in [2.05, 4.69) is 41.5 Å². The predicted octanol–water partition coefficient (Wildman–Crippen LogP) is 3.44. The van der Waals surface area contributed by atoms with Crippen LogP contribution in [0.4, 0.5) is 0 Å². The summed E-state index contributed by atoms with van der Waals surface area (Å²) in [5.41, 5.74) is 0.465. The lowest BCUT2D eigenvalue weighted by atomic mass is 9.83. The average molecular weight is 410 g/mol. The molecule has 2 heterocycles. The molecule has 25 heavy (non-hydrogen) atoms. The summed E-state index contributed by atoms with van der Waals surface area (Å²) in [5.74, 6) is -0.275. The second kappa shape index (κ2) is 8.51. The average Bonchev–Trinajstić information content (AvgIpc) is 3.05. The lowest BCUT2D eigenvalue weighted by Gasteiger charge is -2.27. The van der Waals surface area contributed by atoms with Gasteiger partial charge < -0.3 is 4.74 Å². The largest absolute Gasteiger partial charge is 0.460 e. The Morgan fingerprint density at radius 2 is 2.12 bits per heavy atom. The highest BCUT2D eigenvalue weighted by molar-refractivity contribution is 9.10. The monoisotopic (exact) mass is 409 g/mol. The molecule has 0 aliphatic carbocycles. The lowest BCUT2D eigenvalue weighted by molar-refractivity contribution is -0.161. The Balaban J connectivity index is 2.30. The molecule has 0 fully saturated rings. The molecule has 0 unspecified atom stereocenters. The standard InChI is InChI=1S/C17H24BrN5O2/c1-5-6-12(16(24)25-17(2,3)4)13(15-20-22-23-21-15)9-11-7-8-14(18)19-10-11/h7-8,10,12-13H,5-6,9H2,1-4H3,(H,20,21,22,23)/t12-,13-/m0/s1. The zero-order valence-corrected chi connectivity index (χ0v) is 16.6. The van der Waals surface area contributed by atoms with Gasteiger partial charge in [-0.05, 0) is 61.2 Å². The van der Waals surface area contributed by atoms with Gasteiger partial charge >= 0.3 is 5.97 Å². The lowest BCUT2D eigenvalue weighted by Crippen LogP contribution is -2.33. The van der Waals surface area contributed by atoms with Crippen molar-refractivity contribution in [3.63, 3.8) is 0 Å². The molecule has 2 atom stereocenters. The fourth-order valence-electron chi connectivity index (χ4n) is 2.69. The molecule has 0 saturated heterocycles. The Labute approximate surface area is 156 Å². The molecule has 136 valence electrons. The molecule has 2 rings (SSSR count). The molecule has 1 N–H and O–H groups in total. The van der Waals surface area contributed by atoms with E-state index in [1.807, 2.05) is 39.8 Å². The predicted molar refractivity (Wildman–Crippen MR) is 96.8 cm³/mol. The Hall–Kier alpha value is -1.83. The van der Waals surface area contributed by atoms with Gasteiger partial charge in [0.25, 0.3) is 0 Å². The number of pyridine rings is 1. The molecule has 0 bridgehead atoms. The van der Waals surface area contributed by atoms with Crippen LogP contribution in [0.2, 0.25) is 0 Å². The van der Waals surface area contributed by atoms with Crippen LogP contribution in [0.25, 0.3) is 0 Å². The second-order valence-electron chi connectivity index (χ2n) is 7.00. The van der Waals surface area contributed by atoms with Crippen molar-refractivity contribution in [2.75, 3.05) is 0 Å². The first kappa shape index (κ1) is 19.5. The molecule has 0 aliphatic rings. The number of hydrogen-bond acceptors (Lipinski definition) is 6. The van der Waals surface area contributed by atoms with Crippen molar-refractivity contribution in [2.24, 2.45) is 5.92 Å². The summed E-state index contributed by atoms with van der Waals surface area (Å²) >= 11 is 3.34. The number of aromatic amines is 1. The van der Waals surface area contributed by atoms with Gasteiger partial charge in [-0.1, -0.05) is 24.6 Å². The molecule has 2 aromatic heterocycles. The first-order valence-electron chi connectivity index (χ1n) is 8.36. The van der Waals surface area contributed by atoms with Crippen molar-refractivity contribution < 1.29 is 9.53 Å². The quantitative estimate of drug-likeness (QED) is 0.555. The second-order valence-corrected chi connectivity index (χ2v) is 7.81. The van der Waals surface area contributed by atoms with E-state index in [0.717, 1.165) is 16.6 Å². The van der Waals surface area contributed by atoms with Crippen LogP contribution in [-0.2, 0) is 16.0 Å². The third-order valence-corrected chi connectivity index (χ3v) is 4.20. The zero-order chi connectivity index (χ0) is 18.4. The van der Waals surface area contributed by atoms with E-state index in [1.165, 1.54) is 0 Å². The van der Waals surface area contributed by atoms with Crippen molar-refractivity contribution in [3.8, 4) is 0 Å². The maximum absolute atomic E-state index is 12.8. The molecule has 0 aromatic carbocycles. The first-order chi connectivity index (χ1) is 11.8. The van der Waals surface area contributed by atoms with Crippen LogP contribution in [0.15, 0.2) is 22.9 Å². The molecule has 0 aliphatic heterocycles. The highest BCUT2D eigenvalue weighted by Crippen LogP contribution is 2.31. The van der Waals surface area contributed by atoms with E-state index in [4.69, 9.17) is 4.74 Å². The Bertz CT molecular complexity index is 667. The van der Waals surface area contributed by atoms with Crippen LogP contribution in [0.5, 0.6) is 0 Å². The van der Waals surface area contributed by atoms with Gasteiger partial charge in [0, 0.05) is 12.1 Å². The van der Waals surface area contributed by atoms with Gasteiger partial charge in [0.2, 0.25) is 0 Å². The van der Waals surface area contributed by atoms with E-state index < -0.39 is 5.60 Å². The maximum Gasteiger partial charge on any atom is 0.310 e. The molecular formula is C17H24BrN5O2. The first-order valence-corrected chi connectivity index (χ1v) is 9.16. The van der Waals surface area contributed by atoms with Gasteiger partial charge in [-0.25, -0.2) is 4.98 Å². The van der Waals surface area contributed by atoms with Gasteiger partial charge in [0.05, 0.1) is 5.92 Å². The number of halogens is 1. The Morgan fingerprint density at radius 1 is 1.36 bits per heavy atom. The minimum Gasteiger partial charge on any atom is -0.460 e. The number of carbonyl (C=O) groups is 1. The van der Waals surface area contributed by atoms with Gasteiger partial charge in [0.1, 0.15) is 10.2 Å². The Morgan fingerprint density at radius 3 is 2.64 bits per heavy atom. The number of hydrogen-bond donors (Lipinski definition) is 1.